The maximum Gasteiger partial charge on any atom is 0.180 e. The number of anilines is 1. The molecule has 2 aromatic rings. The zero-order valence-electron chi connectivity index (χ0n) is 7.00. The number of thiazole rings is 1. The van der Waals surface area contributed by atoms with Gasteiger partial charge in [-0.15, -0.1) is 0 Å². The van der Waals surface area contributed by atoms with Gasteiger partial charge in [0.1, 0.15) is 5.82 Å². The summed E-state index contributed by atoms with van der Waals surface area (Å²) in [5.74, 6) is -0.236. The van der Waals surface area contributed by atoms with Gasteiger partial charge in [-0.2, -0.15) is 0 Å². The van der Waals surface area contributed by atoms with Gasteiger partial charge in [0, 0.05) is 15.3 Å². The lowest BCUT2D eigenvalue weighted by Crippen LogP contribution is -1.85. The van der Waals surface area contributed by atoms with E-state index in [1.807, 2.05) is 6.07 Å². The molecule has 0 saturated heterocycles. The molecule has 0 aliphatic heterocycles. The Kier molecular flexibility index (Phi) is 2.69. The zero-order valence-corrected chi connectivity index (χ0v) is 9.97. The Morgan fingerprint density at radius 1 is 1.43 bits per heavy atom. The molecule has 0 saturated carbocycles. The van der Waals surface area contributed by atoms with Crippen LogP contribution in [0.1, 0.15) is 0 Å². The summed E-state index contributed by atoms with van der Waals surface area (Å²) >= 11 is 3.39. The second-order valence-electron chi connectivity index (χ2n) is 2.66. The molecule has 0 bridgehead atoms. The number of aromatic nitrogens is 1. The minimum Gasteiger partial charge on any atom is -0.375 e. The van der Waals surface area contributed by atoms with Gasteiger partial charge in [-0.05, 0) is 34.7 Å². The van der Waals surface area contributed by atoms with Crippen molar-refractivity contribution in [2.24, 2.45) is 0 Å². The Bertz CT molecular complexity index is 449. The van der Waals surface area contributed by atoms with Crippen LogP contribution in [0.3, 0.4) is 0 Å². The predicted octanol–water partition coefficient (Wildman–Crippen LogP) is 3.14. The van der Waals surface area contributed by atoms with Crippen molar-refractivity contribution in [1.82, 2.24) is 4.98 Å². The van der Waals surface area contributed by atoms with Gasteiger partial charge in [0.25, 0.3) is 0 Å². The average Bonchev–Trinajstić information content (AvgIpc) is 2.51. The molecule has 1 heterocycles. The number of halogens is 2. The van der Waals surface area contributed by atoms with Crippen molar-refractivity contribution >= 4 is 39.1 Å². The molecule has 2 rings (SSSR count). The smallest absolute Gasteiger partial charge is 0.180 e. The molecule has 0 aliphatic rings. The Hall–Kier alpha value is -0.690. The largest absolute Gasteiger partial charge is 0.375 e. The number of rotatable bonds is 1. The average molecular weight is 320 g/mol. The first kappa shape index (κ1) is 9.85. The van der Waals surface area contributed by atoms with Crippen molar-refractivity contribution in [1.29, 1.82) is 0 Å². The van der Waals surface area contributed by atoms with E-state index in [0.29, 0.717) is 10.7 Å². The fourth-order valence-electron chi connectivity index (χ4n) is 1.14. The highest BCUT2D eigenvalue weighted by atomic mass is 127. The third-order valence-corrected chi connectivity index (χ3v) is 3.48. The SMILES string of the molecule is Nc1ncc(-c2c(F)cccc2I)s1. The molecule has 0 aliphatic carbocycles. The monoisotopic (exact) mass is 320 g/mol. The van der Waals surface area contributed by atoms with Gasteiger partial charge in [-0.1, -0.05) is 17.4 Å². The van der Waals surface area contributed by atoms with Crippen LogP contribution in [0.5, 0.6) is 0 Å². The second-order valence-corrected chi connectivity index (χ2v) is 4.88. The first-order chi connectivity index (χ1) is 6.68. The standard InChI is InChI=1S/C9H6FIN2S/c10-5-2-1-3-6(11)8(5)7-4-13-9(12)14-7/h1-4H,(H2,12,13). The van der Waals surface area contributed by atoms with Crippen LogP contribution in [0.15, 0.2) is 24.4 Å². The predicted molar refractivity (Wildman–Crippen MR) is 64.6 cm³/mol. The highest BCUT2D eigenvalue weighted by Gasteiger charge is 2.11. The van der Waals surface area contributed by atoms with Gasteiger partial charge < -0.3 is 5.73 Å². The van der Waals surface area contributed by atoms with Crippen LogP contribution in [-0.2, 0) is 0 Å². The topological polar surface area (TPSA) is 38.9 Å². The second kappa shape index (κ2) is 3.82. The van der Waals surface area contributed by atoms with Crippen molar-refractivity contribution < 1.29 is 4.39 Å². The summed E-state index contributed by atoms with van der Waals surface area (Å²) < 4.78 is 14.3. The summed E-state index contributed by atoms with van der Waals surface area (Å²) in [6.45, 7) is 0. The summed E-state index contributed by atoms with van der Waals surface area (Å²) in [7, 11) is 0. The summed E-state index contributed by atoms with van der Waals surface area (Å²) in [5.41, 5.74) is 6.08. The van der Waals surface area contributed by atoms with Crippen LogP contribution in [0, 0.1) is 9.39 Å². The van der Waals surface area contributed by atoms with Crippen LogP contribution in [0.2, 0.25) is 0 Å². The van der Waals surface area contributed by atoms with Crippen molar-refractivity contribution in [2.45, 2.75) is 0 Å². The first-order valence-electron chi connectivity index (χ1n) is 3.84. The van der Waals surface area contributed by atoms with Gasteiger partial charge >= 0.3 is 0 Å². The summed E-state index contributed by atoms with van der Waals surface area (Å²) in [4.78, 5) is 4.67. The van der Waals surface area contributed by atoms with E-state index in [1.54, 1.807) is 12.3 Å². The summed E-state index contributed by atoms with van der Waals surface area (Å²) in [5, 5.41) is 0.457. The Morgan fingerprint density at radius 2 is 2.21 bits per heavy atom. The molecule has 5 heteroatoms. The quantitative estimate of drug-likeness (QED) is 0.820. The molecule has 1 aromatic heterocycles. The van der Waals surface area contributed by atoms with E-state index in [-0.39, 0.29) is 5.82 Å². The third kappa shape index (κ3) is 1.74. The fraction of sp³-hybridized carbons (Fsp3) is 0. The Morgan fingerprint density at radius 3 is 2.79 bits per heavy atom. The Labute approximate surface area is 98.1 Å². The van der Waals surface area contributed by atoms with E-state index in [9.17, 15) is 4.39 Å². The van der Waals surface area contributed by atoms with Gasteiger partial charge in [0.05, 0.1) is 4.88 Å². The third-order valence-electron chi connectivity index (χ3n) is 1.73. The van der Waals surface area contributed by atoms with Crippen molar-refractivity contribution in [3.8, 4) is 10.4 Å². The minimum absolute atomic E-state index is 0.236. The van der Waals surface area contributed by atoms with Gasteiger partial charge in [-0.25, -0.2) is 9.37 Å². The molecular formula is C9H6FIN2S. The number of nitrogens with zero attached hydrogens (tertiary/aromatic N) is 1. The maximum atomic E-state index is 13.5. The van der Waals surface area contributed by atoms with E-state index in [1.165, 1.54) is 17.4 Å². The molecule has 72 valence electrons. The van der Waals surface area contributed by atoms with Crippen LogP contribution < -0.4 is 5.73 Å². The van der Waals surface area contributed by atoms with E-state index in [0.717, 1.165) is 8.45 Å². The molecule has 2 N–H and O–H groups in total. The fourth-order valence-corrected chi connectivity index (χ4v) is 2.82. The normalized spacial score (nSPS) is 10.4. The number of nitrogens with two attached hydrogens (primary N) is 1. The number of hydrogen-bond donors (Lipinski definition) is 1. The molecule has 0 unspecified atom stereocenters. The van der Waals surface area contributed by atoms with E-state index >= 15 is 0 Å². The first-order valence-corrected chi connectivity index (χ1v) is 5.73. The molecule has 1 aromatic carbocycles. The molecule has 0 spiro atoms. The molecule has 14 heavy (non-hydrogen) atoms. The number of benzene rings is 1. The van der Waals surface area contributed by atoms with E-state index in [2.05, 4.69) is 27.6 Å². The molecular weight excluding hydrogens is 314 g/mol. The maximum absolute atomic E-state index is 13.5. The molecule has 0 atom stereocenters. The minimum atomic E-state index is -0.236. The number of nitrogen functional groups attached to an aromatic ring is 1. The lowest BCUT2D eigenvalue weighted by Gasteiger charge is -2.01. The lowest BCUT2D eigenvalue weighted by molar-refractivity contribution is 0.631. The molecule has 0 amide bonds. The highest BCUT2D eigenvalue weighted by molar-refractivity contribution is 14.1. The highest BCUT2D eigenvalue weighted by Crippen LogP contribution is 2.32. The summed E-state index contributed by atoms with van der Waals surface area (Å²) in [6, 6.07) is 4.98. The van der Waals surface area contributed by atoms with Gasteiger partial charge in [-0.3, -0.25) is 0 Å². The molecule has 2 nitrogen and oxygen atoms in total. The van der Waals surface area contributed by atoms with Crippen LogP contribution in [0.25, 0.3) is 10.4 Å². The molecule has 0 fully saturated rings. The molecule has 0 radical (unpaired) electrons. The van der Waals surface area contributed by atoms with Crippen LogP contribution in [0.4, 0.5) is 9.52 Å². The van der Waals surface area contributed by atoms with Crippen molar-refractivity contribution in [3.05, 3.63) is 33.8 Å². The Balaban J connectivity index is 2.61. The lowest BCUT2D eigenvalue weighted by atomic mass is 10.2. The summed E-state index contributed by atoms with van der Waals surface area (Å²) in [6.07, 6.45) is 1.60. The van der Waals surface area contributed by atoms with Crippen LogP contribution >= 0.6 is 33.9 Å². The van der Waals surface area contributed by atoms with Crippen LogP contribution in [-0.4, -0.2) is 4.98 Å². The van der Waals surface area contributed by atoms with Gasteiger partial charge in [0.2, 0.25) is 0 Å². The number of hydrogen-bond acceptors (Lipinski definition) is 3. The van der Waals surface area contributed by atoms with Crippen molar-refractivity contribution in [2.75, 3.05) is 5.73 Å². The van der Waals surface area contributed by atoms with Gasteiger partial charge in [0.15, 0.2) is 5.13 Å². The zero-order chi connectivity index (χ0) is 10.1. The van der Waals surface area contributed by atoms with E-state index in [4.69, 9.17) is 5.73 Å². The van der Waals surface area contributed by atoms with E-state index < -0.39 is 0 Å². The van der Waals surface area contributed by atoms with Crippen molar-refractivity contribution in [3.63, 3.8) is 0 Å².